The molecule has 1 aromatic heterocycles. The fourth-order valence-electron chi connectivity index (χ4n) is 1.73. The van der Waals surface area contributed by atoms with Gasteiger partial charge in [-0.15, -0.1) is 22.9 Å². The Kier molecular flexibility index (Phi) is 4.42. The highest BCUT2D eigenvalue weighted by atomic mass is 35.5. The molecule has 104 valence electrons. The third-order valence-electron chi connectivity index (χ3n) is 2.86. The molecule has 0 aromatic carbocycles. The molecule has 5 nitrogen and oxygen atoms in total. The monoisotopic (exact) mass is 302 g/mol. The molecule has 0 aliphatic heterocycles. The number of hydrogen-bond acceptors (Lipinski definition) is 5. The first-order valence-corrected chi connectivity index (χ1v) is 7.31. The van der Waals surface area contributed by atoms with Crippen molar-refractivity contribution < 1.29 is 14.3 Å². The van der Waals surface area contributed by atoms with Crippen LogP contribution in [-0.2, 0) is 16.1 Å². The lowest BCUT2D eigenvalue weighted by atomic mass is 10.3. The molecule has 0 saturated heterocycles. The first-order chi connectivity index (χ1) is 9.02. The zero-order valence-corrected chi connectivity index (χ0v) is 12.3. The predicted octanol–water partition coefficient (Wildman–Crippen LogP) is 2.05. The number of amides is 1. The highest BCUT2D eigenvalue weighted by Gasteiger charge is 2.34. The first-order valence-electron chi connectivity index (χ1n) is 6.00. The number of thiazole rings is 1. The second kappa shape index (κ2) is 5.88. The van der Waals surface area contributed by atoms with Crippen LogP contribution in [-0.4, -0.2) is 40.3 Å². The molecule has 2 rings (SSSR count). The van der Waals surface area contributed by atoms with Crippen molar-refractivity contribution in [1.82, 2.24) is 9.88 Å². The third-order valence-corrected chi connectivity index (χ3v) is 3.88. The topological polar surface area (TPSA) is 59.5 Å². The number of aromatic nitrogens is 1. The Morgan fingerprint density at radius 1 is 1.63 bits per heavy atom. The summed E-state index contributed by atoms with van der Waals surface area (Å²) in [7, 11) is 1.32. The number of carbonyl (C=O) groups excluding carboxylic acids is 2. The van der Waals surface area contributed by atoms with E-state index in [2.05, 4.69) is 9.72 Å². The largest absolute Gasteiger partial charge is 0.464 e. The Morgan fingerprint density at radius 2 is 2.32 bits per heavy atom. The van der Waals surface area contributed by atoms with Gasteiger partial charge in [0.25, 0.3) is 0 Å². The highest BCUT2D eigenvalue weighted by molar-refractivity contribution is 7.09. The van der Waals surface area contributed by atoms with Gasteiger partial charge in [-0.3, -0.25) is 4.79 Å². The van der Waals surface area contributed by atoms with Crippen LogP contribution in [0.2, 0.25) is 0 Å². The van der Waals surface area contributed by atoms with E-state index in [-0.39, 0.29) is 17.6 Å². The number of rotatable bonds is 5. The van der Waals surface area contributed by atoms with E-state index in [0.29, 0.717) is 6.54 Å². The summed E-state index contributed by atoms with van der Waals surface area (Å²) < 4.78 is 4.60. The van der Waals surface area contributed by atoms with Crippen molar-refractivity contribution in [2.45, 2.75) is 37.7 Å². The normalized spacial score (nSPS) is 15.9. The van der Waals surface area contributed by atoms with Gasteiger partial charge in [0.15, 0.2) is 5.69 Å². The fourth-order valence-corrected chi connectivity index (χ4v) is 2.62. The summed E-state index contributed by atoms with van der Waals surface area (Å²) in [6.07, 6.45) is 2.01. The molecule has 19 heavy (non-hydrogen) atoms. The summed E-state index contributed by atoms with van der Waals surface area (Å²) >= 11 is 7.20. The molecule has 1 atom stereocenters. The van der Waals surface area contributed by atoms with Gasteiger partial charge >= 0.3 is 5.97 Å². The van der Waals surface area contributed by atoms with Gasteiger partial charge in [-0.25, -0.2) is 9.78 Å². The second-order valence-corrected chi connectivity index (χ2v) is 6.03. The van der Waals surface area contributed by atoms with Gasteiger partial charge in [0, 0.05) is 11.4 Å². The standard InChI is InChI=1S/C12H15ClN2O3S/c1-7(13)11(16)15(8-3-4-8)5-10-14-9(6-19-10)12(17)18-2/h6-8H,3-5H2,1-2H3. The molecule has 1 aliphatic carbocycles. The van der Waals surface area contributed by atoms with Crippen LogP contribution >= 0.6 is 22.9 Å². The van der Waals surface area contributed by atoms with Crippen LogP contribution in [0.4, 0.5) is 0 Å². The van der Waals surface area contributed by atoms with Crippen LogP contribution in [0.1, 0.15) is 35.3 Å². The van der Waals surface area contributed by atoms with Crippen LogP contribution in [0.5, 0.6) is 0 Å². The summed E-state index contributed by atoms with van der Waals surface area (Å²) in [5.41, 5.74) is 0.282. The van der Waals surface area contributed by atoms with E-state index < -0.39 is 11.3 Å². The van der Waals surface area contributed by atoms with E-state index in [9.17, 15) is 9.59 Å². The van der Waals surface area contributed by atoms with Crippen molar-refractivity contribution in [3.05, 3.63) is 16.1 Å². The lowest BCUT2D eigenvalue weighted by molar-refractivity contribution is -0.131. The molecular formula is C12H15ClN2O3S. The van der Waals surface area contributed by atoms with Crippen LogP contribution in [0.3, 0.4) is 0 Å². The molecule has 0 radical (unpaired) electrons. The van der Waals surface area contributed by atoms with Gasteiger partial charge < -0.3 is 9.64 Å². The van der Waals surface area contributed by atoms with Gasteiger partial charge in [-0.05, 0) is 19.8 Å². The van der Waals surface area contributed by atoms with E-state index in [1.165, 1.54) is 18.4 Å². The summed E-state index contributed by atoms with van der Waals surface area (Å²) in [6.45, 7) is 2.07. The van der Waals surface area contributed by atoms with Crippen molar-refractivity contribution in [3.63, 3.8) is 0 Å². The third kappa shape index (κ3) is 3.45. The number of alkyl halides is 1. The zero-order valence-electron chi connectivity index (χ0n) is 10.8. The van der Waals surface area contributed by atoms with Gasteiger partial charge in [0.05, 0.1) is 13.7 Å². The lowest BCUT2D eigenvalue weighted by Crippen LogP contribution is -2.37. The van der Waals surface area contributed by atoms with E-state index >= 15 is 0 Å². The zero-order chi connectivity index (χ0) is 14.0. The molecule has 0 N–H and O–H groups in total. The molecule has 0 spiro atoms. The Bertz CT molecular complexity index is 485. The molecule has 1 saturated carbocycles. The van der Waals surface area contributed by atoms with Crippen molar-refractivity contribution >= 4 is 34.8 Å². The summed E-state index contributed by atoms with van der Waals surface area (Å²) in [5, 5.41) is 1.82. The number of nitrogens with zero attached hydrogens (tertiary/aromatic N) is 2. The minimum atomic E-state index is -0.541. The van der Waals surface area contributed by atoms with Crippen LogP contribution < -0.4 is 0 Å². The molecular weight excluding hydrogens is 288 g/mol. The van der Waals surface area contributed by atoms with Gasteiger partial charge in [0.2, 0.25) is 5.91 Å². The quantitative estimate of drug-likeness (QED) is 0.617. The SMILES string of the molecule is COC(=O)c1csc(CN(C(=O)C(C)Cl)C2CC2)n1. The maximum Gasteiger partial charge on any atom is 0.357 e. The van der Waals surface area contributed by atoms with Crippen molar-refractivity contribution in [2.75, 3.05) is 7.11 Å². The summed E-state index contributed by atoms with van der Waals surface area (Å²) in [6, 6.07) is 0.263. The number of methoxy groups -OCH3 is 1. The molecule has 1 aliphatic rings. The van der Waals surface area contributed by atoms with Crippen molar-refractivity contribution in [2.24, 2.45) is 0 Å². The number of hydrogen-bond donors (Lipinski definition) is 0. The van der Waals surface area contributed by atoms with Crippen LogP contribution in [0.25, 0.3) is 0 Å². The Hall–Kier alpha value is -1.14. The molecule has 1 aromatic rings. The van der Waals surface area contributed by atoms with Gasteiger partial charge in [-0.1, -0.05) is 0 Å². The molecule has 1 heterocycles. The number of esters is 1. The van der Waals surface area contributed by atoms with E-state index in [1.807, 2.05) is 0 Å². The maximum absolute atomic E-state index is 12.0. The Labute approximate surface area is 120 Å². The van der Waals surface area contributed by atoms with Crippen molar-refractivity contribution in [3.8, 4) is 0 Å². The molecule has 1 unspecified atom stereocenters. The minimum Gasteiger partial charge on any atom is -0.464 e. The smallest absolute Gasteiger partial charge is 0.357 e. The average molecular weight is 303 g/mol. The maximum atomic E-state index is 12.0. The van der Waals surface area contributed by atoms with E-state index in [4.69, 9.17) is 11.6 Å². The number of carbonyl (C=O) groups is 2. The van der Waals surface area contributed by atoms with Gasteiger partial charge in [-0.2, -0.15) is 0 Å². The van der Waals surface area contributed by atoms with Crippen LogP contribution in [0.15, 0.2) is 5.38 Å². The average Bonchev–Trinajstić information content (AvgIpc) is 3.13. The predicted molar refractivity (Wildman–Crippen MR) is 72.3 cm³/mol. The lowest BCUT2D eigenvalue weighted by Gasteiger charge is -2.22. The Balaban J connectivity index is 2.07. The second-order valence-electron chi connectivity index (χ2n) is 4.43. The first kappa shape index (κ1) is 14.3. The number of halogens is 1. The minimum absolute atomic E-state index is 0.0843. The van der Waals surface area contributed by atoms with Crippen molar-refractivity contribution in [1.29, 1.82) is 0 Å². The highest BCUT2D eigenvalue weighted by Crippen LogP contribution is 2.30. The molecule has 7 heteroatoms. The Morgan fingerprint density at radius 3 is 2.84 bits per heavy atom. The molecule has 0 bridgehead atoms. The molecule has 1 amide bonds. The molecule has 1 fully saturated rings. The fraction of sp³-hybridized carbons (Fsp3) is 0.583. The summed E-state index contributed by atoms with van der Waals surface area (Å²) in [4.78, 5) is 29.3. The van der Waals surface area contributed by atoms with E-state index in [0.717, 1.165) is 17.8 Å². The summed E-state index contributed by atoms with van der Waals surface area (Å²) in [5.74, 6) is -0.545. The van der Waals surface area contributed by atoms with Crippen LogP contribution in [0, 0.1) is 0 Å². The van der Waals surface area contributed by atoms with Gasteiger partial charge in [0.1, 0.15) is 10.4 Å². The van der Waals surface area contributed by atoms with E-state index in [1.54, 1.807) is 17.2 Å². The number of ether oxygens (including phenoxy) is 1.